The molecule has 5 aromatic rings. The average molecular weight is 572 g/mol. The number of aromatic amines is 1. The highest BCUT2D eigenvalue weighted by molar-refractivity contribution is 5.95. The van der Waals surface area contributed by atoms with Crippen LogP contribution in [0.15, 0.2) is 67.4 Å². The molecule has 0 unspecified atom stereocenters. The zero-order valence-corrected chi connectivity index (χ0v) is 23.6. The van der Waals surface area contributed by atoms with Gasteiger partial charge in [0.1, 0.15) is 17.1 Å². The Morgan fingerprint density at radius 2 is 1.74 bits per heavy atom. The van der Waals surface area contributed by atoms with Crippen LogP contribution in [0.25, 0.3) is 33.3 Å². The number of amides is 1. The number of nitrogens with one attached hydrogen (secondary N) is 1. The van der Waals surface area contributed by atoms with E-state index in [4.69, 9.17) is 4.74 Å². The van der Waals surface area contributed by atoms with E-state index in [0.717, 1.165) is 27.6 Å². The van der Waals surface area contributed by atoms with Gasteiger partial charge in [0.25, 0.3) is 0 Å². The summed E-state index contributed by atoms with van der Waals surface area (Å²) >= 11 is 0. The molecular weight excluding hydrogens is 540 g/mol. The predicted molar refractivity (Wildman–Crippen MR) is 156 cm³/mol. The lowest BCUT2D eigenvalue weighted by atomic mass is 10.1. The van der Waals surface area contributed by atoms with Crippen LogP contribution in [0.2, 0.25) is 0 Å². The summed E-state index contributed by atoms with van der Waals surface area (Å²) in [6.45, 7) is 7.69. The SMILES string of the molecule is CC(C)(C)OC(=O)N1CCN(c2ncc(-c3cnc4[nH]cc(-c5cnn(Cc6cccc(F)c6)c5)c4c3)cc2F)CC1. The number of carbonyl (C=O) groups excluding carboxylic acids is 1. The highest BCUT2D eigenvalue weighted by Crippen LogP contribution is 2.32. The second-order valence-electron chi connectivity index (χ2n) is 11.4. The predicted octanol–water partition coefficient (Wildman–Crippen LogP) is 5.87. The molecule has 0 radical (unpaired) electrons. The summed E-state index contributed by atoms with van der Waals surface area (Å²) in [5.74, 6) is -0.467. The minimum atomic E-state index is -0.567. The number of carbonyl (C=O) groups is 1. The van der Waals surface area contributed by atoms with Crippen LogP contribution >= 0.6 is 0 Å². The summed E-state index contributed by atoms with van der Waals surface area (Å²) in [6.07, 6.45) is 8.49. The van der Waals surface area contributed by atoms with Gasteiger partial charge in [-0.2, -0.15) is 5.10 Å². The Bertz CT molecular complexity index is 1750. The van der Waals surface area contributed by atoms with Gasteiger partial charge in [-0.3, -0.25) is 4.68 Å². The molecule has 0 spiro atoms. The van der Waals surface area contributed by atoms with E-state index in [-0.39, 0.29) is 17.7 Å². The molecule has 5 heterocycles. The Kier molecular flexibility index (Phi) is 7.09. The monoisotopic (exact) mass is 571 g/mol. The van der Waals surface area contributed by atoms with Crippen LogP contribution in [0, 0.1) is 11.6 Å². The fraction of sp³-hybridized carbons (Fsp3) is 0.290. The molecule has 0 atom stereocenters. The molecule has 216 valence electrons. The number of anilines is 1. The number of hydrogen-bond acceptors (Lipinski definition) is 6. The first-order valence-corrected chi connectivity index (χ1v) is 13.8. The largest absolute Gasteiger partial charge is 0.444 e. The van der Waals surface area contributed by atoms with Crippen molar-refractivity contribution in [3.8, 4) is 22.3 Å². The van der Waals surface area contributed by atoms with E-state index >= 15 is 4.39 Å². The highest BCUT2D eigenvalue weighted by atomic mass is 19.1. The first kappa shape index (κ1) is 27.4. The lowest BCUT2D eigenvalue weighted by Gasteiger charge is -2.36. The molecule has 1 amide bonds. The van der Waals surface area contributed by atoms with E-state index in [9.17, 15) is 9.18 Å². The van der Waals surface area contributed by atoms with Gasteiger partial charge in [-0.1, -0.05) is 12.1 Å². The second-order valence-corrected chi connectivity index (χ2v) is 11.4. The maximum Gasteiger partial charge on any atom is 0.410 e. The Morgan fingerprint density at radius 3 is 2.48 bits per heavy atom. The average Bonchev–Trinajstić information content (AvgIpc) is 3.58. The molecule has 1 aromatic carbocycles. The first-order valence-electron chi connectivity index (χ1n) is 13.8. The van der Waals surface area contributed by atoms with Gasteiger partial charge in [-0.15, -0.1) is 0 Å². The quantitative estimate of drug-likeness (QED) is 0.284. The summed E-state index contributed by atoms with van der Waals surface area (Å²) in [7, 11) is 0. The molecular formula is C31H31F2N7O2. The van der Waals surface area contributed by atoms with Gasteiger partial charge in [0.2, 0.25) is 0 Å². The van der Waals surface area contributed by atoms with Gasteiger partial charge in [0.05, 0.1) is 12.7 Å². The molecule has 1 fully saturated rings. The molecule has 6 rings (SSSR count). The van der Waals surface area contributed by atoms with Crippen LogP contribution in [0.5, 0.6) is 0 Å². The van der Waals surface area contributed by atoms with Crippen LogP contribution in [0.3, 0.4) is 0 Å². The smallest absolute Gasteiger partial charge is 0.410 e. The third-order valence-corrected chi connectivity index (χ3v) is 7.09. The Morgan fingerprint density at radius 1 is 0.976 bits per heavy atom. The number of ether oxygens (including phenoxy) is 1. The van der Waals surface area contributed by atoms with Crippen LogP contribution < -0.4 is 4.90 Å². The van der Waals surface area contributed by atoms with E-state index in [1.54, 1.807) is 34.2 Å². The van der Waals surface area contributed by atoms with Crippen LogP contribution in [0.4, 0.5) is 19.4 Å². The lowest BCUT2D eigenvalue weighted by molar-refractivity contribution is 0.0240. The van der Waals surface area contributed by atoms with Crippen molar-refractivity contribution in [1.82, 2.24) is 29.6 Å². The second kappa shape index (κ2) is 10.9. The van der Waals surface area contributed by atoms with E-state index in [1.807, 2.05) is 50.2 Å². The molecule has 1 saturated heterocycles. The third-order valence-electron chi connectivity index (χ3n) is 7.09. The number of benzene rings is 1. The normalized spacial score (nSPS) is 14.0. The van der Waals surface area contributed by atoms with Crippen molar-refractivity contribution in [1.29, 1.82) is 0 Å². The van der Waals surface area contributed by atoms with Crippen molar-refractivity contribution in [2.75, 3.05) is 31.1 Å². The number of piperazine rings is 1. The number of H-pyrrole nitrogens is 1. The fourth-order valence-electron chi connectivity index (χ4n) is 5.06. The third kappa shape index (κ3) is 5.81. The molecule has 0 bridgehead atoms. The summed E-state index contributed by atoms with van der Waals surface area (Å²) in [6, 6.07) is 9.86. The van der Waals surface area contributed by atoms with E-state index in [1.165, 1.54) is 18.2 Å². The van der Waals surface area contributed by atoms with Crippen molar-refractivity contribution in [3.05, 3.63) is 84.6 Å². The van der Waals surface area contributed by atoms with Gasteiger partial charge in [0, 0.05) is 78.6 Å². The highest BCUT2D eigenvalue weighted by Gasteiger charge is 2.27. The Labute approximate surface area is 241 Å². The summed E-state index contributed by atoms with van der Waals surface area (Å²) in [5.41, 5.74) is 4.05. The zero-order chi connectivity index (χ0) is 29.4. The van der Waals surface area contributed by atoms with Crippen molar-refractivity contribution in [3.63, 3.8) is 0 Å². The summed E-state index contributed by atoms with van der Waals surface area (Å²) < 4.78 is 36.1. The lowest BCUT2D eigenvalue weighted by Crippen LogP contribution is -2.50. The standard InChI is InChI=1S/C31H31F2N7O2/c1-31(2,3)42-30(41)39-9-7-38(8-10-39)29-27(33)13-22(15-36-29)21-12-25-26(17-35-28(25)34-14-21)23-16-37-40(19-23)18-20-5-4-6-24(32)11-20/h4-6,11-17,19H,7-10,18H2,1-3H3,(H,34,35). The maximum absolute atomic E-state index is 15.3. The number of fused-ring (bicyclic) bond motifs is 1. The number of pyridine rings is 2. The molecule has 42 heavy (non-hydrogen) atoms. The van der Waals surface area contributed by atoms with Crippen LogP contribution in [0.1, 0.15) is 26.3 Å². The zero-order valence-electron chi connectivity index (χ0n) is 23.6. The van der Waals surface area contributed by atoms with Gasteiger partial charge in [0.15, 0.2) is 11.6 Å². The molecule has 0 saturated carbocycles. The first-order chi connectivity index (χ1) is 20.1. The number of hydrogen-bond donors (Lipinski definition) is 1. The molecule has 1 aliphatic heterocycles. The van der Waals surface area contributed by atoms with E-state index in [2.05, 4.69) is 20.1 Å². The van der Waals surface area contributed by atoms with Gasteiger partial charge >= 0.3 is 6.09 Å². The molecule has 9 nitrogen and oxygen atoms in total. The van der Waals surface area contributed by atoms with Crippen LogP contribution in [-0.4, -0.2) is 67.5 Å². The van der Waals surface area contributed by atoms with Crippen molar-refractivity contribution in [2.24, 2.45) is 0 Å². The maximum atomic E-state index is 15.3. The van der Waals surface area contributed by atoms with Crippen molar-refractivity contribution < 1.29 is 18.3 Å². The van der Waals surface area contributed by atoms with Gasteiger partial charge in [-0.25, -0.2) is 23.5 Å². The molecule has 0 aliphatic carbocycles. The number of halogens is 2. The Hall–Kier alpha value is -4.80. The summed E-state index contributed by atoms with van der Waals surface area (Å²) in [4.78, 5) is 28.0. The van der Waals surface area contributed by atoms with Crippen molar-refractivity contribution in [2.45, 2.75) is 32.9 Å². The number of aromatic nitrogens is 5. The fourth-order valence-corrected chi connectivity index (χ4v) is 5.06. The minimum Gasteiger partial charge on any atom is -0.444 e. The van der Waals surface area contributed by atoms with Crippen molar-refractivity contribution >= 4 is 22.9 Å². The molecule has 1 aliphatic rings. The summed E-state index contributed by atoms with van der Waals surface area (Å²) in [5, 5.41) is 5.31. The van der Waals surface area contributed by atoms with Gasteiger partial charge in [-0.05, 0) is 50.6 Å². The minimum absolute atomic E-state index is 0.254. The number of rotatable bonds is 5. The van der Waals surface area contributed by atoms with Gasteiger partial charge < -0.3 is 19.5 Å². The topological polar surface area (TPSA) is 92.2 Å². The Balaban J connectivity index is 1.18. The van der Waals surface area contributed by atoms with Crippen LogP contribution in [-0.2, 0) is 11.3 Å². The number of nitrogens with zero attached hydrogens (tertiary/aromatic N) is 6. The molecule has 1 N–H and O–H groups in total. The molecule has 4 aromatic heterocycles. The molecule has 11 heteroatoms. The van der Waals surface area contributed by atoms with E-state index in [0.29, 0.717) is 43.9 Å². The van der Waals surface area contributed by atoms with E-state index < -0.39 is 11.4 Å².